The Morgan fingerprint density at radius 3 is 2.60 bits per heavy atom. The molecule has 2 fully saturated rings. The minimum Gasteiger partial charge on any atom is -0.353 e. The predicted octanol–water partition coefficient (Wildman–Crippen LogP) is 1.27. The lowest BCUT2D eigenvalue weighted by atomic mass is 9.77. The van der Waals surface area contributed by atoms with Crippen LogP contribution in [-0.4, -0.2) is 28.5 Å². The van der Waals surface area contributed by atoms with Crippen molar-refractivity contribution in [3.63, 3.8) is 0 Å². The van der Waals surface area contributed by atoms with E-state index in [2.05, 4.69) is 5.32 Å². The molecule has 86 valence electrons. The summed E-state index contributed by atoms with van der Waals surface area (Å²) in [6.45, 7) is 2.70. The highest BCUT2D eigenvalue weighted by molar-refractivity contribution is 8.01. The second-order valence-corrected chi connectivity index (χ2v) is 6.68. The van der Waals surface area contributed by atoms with E-state index in [1.165, 1.54) is 6.42 Å². The minimum absolute atomic E-state index is 0.102. The van der Waals surface area contributed by atoms with Gasteiger partial charge >= 0.3 is 0 Å². The van der Waals surface area contributed by atoms with Gasteiger partial charge in [-0.1, -0.05) is 0 Å². The monoisotopic (exact) mass is 228 g/mol. The molecule has 2 aliphatic rings. The molecule has 15 heavy (non-hydrogen) atoms. The summed E-state index contributed by atoms with van der Waals surface area (Å²) in [5.74, 6) is 1.29. The summed E-state index contributed by atoms with van der Waals surface area (Å²) in [6, 6.07) is 0. The third-order valence-electron chi connectivity index (χ3n) is 3.65. The van der Waals surface area contributed by atoms with Crippen LogP contribution in [0.25, 0.3) is 0 Å². The van der Waals surface area contributed by atoms with Crippen molar-refractivity contribution in [3.05, 3.63) is 0 Å². The molecule has 0 aromatic rings. The molecule has 0 radical (unpaired) electrons. The molecule has 1 aliphatic carbocycles. The first-order valence-electron chi connectivity index (χ1n) is 5.75. The third-order valence-corrected chi connectivity index (χ3v) is 5.17. The van der Waals surface area contributed by atoms with Crippen molar-refractivity contribution in [3.8, 4) is 0 Å². The second kappa shape index (κ2) is 3.98. The summed E-state index contributed by atoms with van der Waals surface area (Å²) in [6.07, 6.45) is 5.47. The zero-order chi connectivity index (χ0) is 10.9. The van der Waals surface area contributed by atoms with Crippen molar-refractivity contribution in [2.75, 3.05) is 12.3 Å². The highest BCUT2D eigenvalue weighted by atomic mass is 32.2. The molecule has 3 N–H and O–H groups in total. The van der Waals surface area contributed by atoms with E-state index in [0.29, 0.717) is 6.54 Å². The van der Waals surface area contributed by atoms with Crippen LogP contribution < -0.4 is 11.1 Å². The van der Waals surface area contributed by atoms with Crippen LogP contribution in [0.3, 0.4) is 0 Å². The second-order valence-electron chi connectivity index (χ2n) is 5.08. The lowest BCUT2D eigenvalue weighted by Crippen LogP contribution is -2.56. The van der Waals surface area contributed by atoms with Gasteiger partial charge in [-0.05, 0) is 44.8 Å². The van der Waals surface area contributed by atoms with Crippen molar-refractivity contribution in [2.24, 2.45) is 5.73 Å². The molecule has 0 aromatic heterocycles. The number of nitrogens with two attached hydrogens (primary N) is 1. The standard InChI is InChI=1S/C11H20N2OS/c1-10(4-3-7-15-10)9(14)13-8-11(12)5-2-6-11/h2-8,12H2,1H3,(H,13,14). The Balaban J connectivity index is 1.81. The fourth-order valence-electron chi connectivity index (χ4n) is 2.21. The molecular formula is C11H20N2OS. The molecule has 1 saturated heterocycles. The molecule has 0 spiro atoms. The van der Waals surface area contributed by atoms with Gasteiger partial charge in [-0.3, -0.25) is 4.79 Å². The van der Waals surface area contributed by atoms with E-state index in [1.54, 1.807) is 11.8 Å². The molecule has 1 amide bonds. The maximum absolute atomic E-state index is 12.0. The summed E-state index contributed by atoms with van der Waals surface area (Å²) in [5.41, 5.74) is 5.97. The zero-order valence-corrected chi connectivity index (χ0v) is 10.2. The summed E-state index contributed by atoms with van der Waals surface area (Å²) >= 11 is 1.78. The number of hydrogen-bond acceptors (Lipinski definition) is 3. The smallest absolute Gasteiger partial charge is 0.236 e. The first-order chi connectivity index (χ1) is 7.04. The minimum atomic E-state index is -0.194. The number of hydrogen-bond donors (Lipinski definition) is 2. The largest absolute Gasteiger partial charge is 0.353 e. The maximum Gasteiger partial charge on any atom is 0.236 e. The zero-order valence-electron chi connectivity index (χ0n) is 9.34. The van der Waals surface area contributed by atoms with Crippen molar-refractivity contribution >= 4 is 17.7 Å². The van der Waals surface area contributed by atoms with Gasteiger partial charge < -0.3 is 11.1 Å². The molecule has 3 nitrogen and oxygen atoms in total. The maximum atomic E-state index is 12.0. The van der Waals surface area contributed by atoms with Gasteiger partial charge in [0.15, 0.2) is 0 Å². The topological polar surface area (TPSA) is 55.1 Å². The van der Waals surface area contributed by atoms with Crippen LogP contribution in [0.15, 0.2) is 0 Å². The van der Waals surface area contributed by atoms with Gasteiger partial charge in [-0.15, -0.1) is 11.8 Å². The molecule has 4 heteroatoms. The fraction of sp³-hybridized carbons (Fsp3) is 0.909. The van der Waals surface area contributed by atoms with E-state index >= 15 is 0 Å². The molecule has 1 aliphatic heterocycles. The Hall–Kier alpha value is -0.220. The van der Waals surface area contributed by atoms with Crippen molar-refractivity contribution in [1.82, 2.24) is 5.32 Å². The van der Waals surface area contributed by atoms with E-state index in [1.807, 2.05) is 6.92 Å². The third kappa shape index (κ3) is 2.31. The van der Waals surface area contributed by atoms with Crippen molar-refractivity contribution < 1.29 is 4.79 Å². The van der Waals surface area contributed by atoms with E-state index in [-0.39, 0.29) is 16.2 Å². The molecule has 2 rings (SSSR count). The molecule has 0 aromatic carbocycles. The average molecular weight is 228 g/mol. The predicted molar refractivity (Wildman–Crippen MR) is 63.9 cm³/mol. The van der Waals surface area contributed by atoms with Gasteiger partial charge in [-0.2, -0.15) is 0 Å². The van der Waals surface area contributed by atoms with E-state index < -0.39 is 0 Å². The number of nitrogens with one attached hydrogen (secondary N) is 1. The average Bonchev–Trinajstić information content (AvgIpc) is 2.60. The SMILES string of the molecule is CC1(C(=O)NCC2(N)CCC2)CCCS1. The van der Waals surface area contributed by atoms with E-state index in [4.69, 9.17) is 5.73 Å². The van der Waals surface area contributed by atoms with Gasteiger partial charge in [0.05, 0.1) is 4.75 Å². The molecule has 1 unspecified atom stereocenters. The molecule has 0 bridgehead atoms. The number of carbonyl (C=O) groups excluding carboxylic acids is 1. The lowest BCUT2D eigenvalue weighted by molar-refractivity contribution is -0.123. The van der Waals surface area contributed by atoms with Crippen molar-refractivity contribution in [2.45, 2.75) is 49.3 Å². The first-order valence-corrected chi connectivity index (χ1v) is 6.74. The Bertz CT molecular complexity index is 257. The van der Waals surface area contributed by atoms with E-state index in [9.17, 15) is 4.79 Å². The van der Waals surface area contributed by atoms with Gasteiger partial charge in [0, 0.05) is 12.1 Å². The number of amides is 1. The first kappa shape index (κ1) is 11.3. The number of carbonyl (C=O) groups is 1. The van der Waals surface area contributed by atoms with Gasteiger partial charge in [0.2, 0.25) is 5.91 Å². The van der Waals surface area contributed by atoms with Crippen LogP contribution in [0.1, 0.15) is 39.0 Å². The van der Waals surface area contributed by atoms with Crippen LogP contribution >= 0.6 is 11.8 Å². The Kier molecular flexibility index (Phi) is 2.99. The van der Waals surface area contributed by atoms with Crippen LogP contribution in [0.2, 0.25) is 0 Å². The van der Waals surface area contributed by atoms with Crippen LogP contribution in [0.5, 0.6) is 0 Å². The molecular weight excluding hydrogens is 208 g/mol. The van der Waals surface area contributed by atoms with Crippen LogP contribution in [-0.2, 0) is 4.79 Å². The summed E-state index contributed by atoms with van der Waals surface area (Å²) in [4.78, 5) is 12.0. The molecule has 1 saturated carbocycles. The lowest BCUT2D eigenvalue weighted by Gasteiger charge is -2.38. The summed E-state index contributed by atoms with van der Waals surface area (Å²) in [7, 11) is 0. The highest BCUT2D eigenvalue weighted by Crippen LogP contribution is 2.38. The van der Waals surface area contributed by atoms with Crippen LogP contribution in [0.4, 0.5) is 0 Å². The quantitative estimate of drug-likeness (QED) is 0.765. The highest BCUT2D eigenvalue weighted by Gasteiger charge is 2.39. The number of rotatable bonds is 3. The number of thioether (sulfide) groups is 1. The fourth-order valence-corrected chi connectivity index (χ4v) is 3.44. The Morgan fingerprint density at radius 1 is 1.40 bits per heavy atom. The Labute approximate surface area is 95.6 Å². The molecule has 1 atom stereocenters. The van der Waals surface area contributed by atoms with Crippen LogP contribution in [0, 0.1) is 0 Å². The summed E-state index contributed by atoms with van der Waals surface area (Å²) < 4.78 is -0.194. The van der Waals surface area contributed by atoms with Gasteiger partial charge in [0.25, 0.3) is 0 Å². The van der Waals surface area contributed by atoms with E-state index in [0.717, 1.165) is 31.4 Å². The molecule has 1 heterocycles. The van der Waals surface area contributed by atoms with Gasteiger partial charge in [0.1, 0.15) is 0 Å². The Morgan fingerprint density at radius 2 is 2.13 bits per heavy atom. The van der Waals surface area contributed by atoms with Crippen molar-refractivity contribution in [1.29, 1.82) is 0 Å². The normalized spacial score (nSPS) is 33.5. The van der Waals surface area contributed by atoms with Gasteiger partial charge in [-0.25, -0.2) is 0 Å². The summed E-state index contributed by atoms with van der Waals surface area (Å²) in [5, 5.41) is 3.02.